The van der Waals surface area contributed by atoms with E-state index in [1.165, 1.54) is 24.3 Å². The van der Waals surface area contributed by atoms with E-state index in [4.69, 9.17) is 0 Å². The molecule has 0 bridgehead atoms. The average molecular weight is 216 g/mol. The van der Waals surface area contributed by atoms with E-state index in [9.17, 15) is 8.78 Å². The Bertz CT molecular complexity index is 530. The second-order valence-corrected chi connectivity index (χ2v) is 3.45. The first-order valence-corrected chi connectivity index (χ1v) is 4.88. The Labute approximate surface area is 92.9 Å². The largest absolute Gasteiger partial charge is 0.207 e. The highest BCUT2D eigenvalue weighted by molar-refractivity contribution is 5.67. The minimum atomic E-state index is -0.324. The fourth-order valence-electron chi connectivity index (χ4n) is 1.55. The molecule has 0 saturated heterocycles. The van der Waals surface area contributed by atoms with E-state index < -0.39 is 0 Å². The minimum absolute atomic E-state index is 0.304. The molecule has 0 aromatic heterocycles. The van der Waals surface area contributed by atoms with Crippen molar-refractivity contribution in [3.63, 3.8) is 0 Å². The van der Waals surface area contributed by atoms with E-state index >= 15 is 0 Å². The molecule has 0 amide bonds. The van der Waals surface area contributed by atoms with Gasteiger partial charge in [0.15, 0.2) is 0 Å². The second kappa shape index (κ2) is 4.27. The molecule has 16 heavy (non-hydrogen) atoms. The highest BCUT2D eigenvalue weighted by Gasteiger charge is 2.03. The van der Waals surface area contributed by atoms with Crippen LogP contribution in [0.1, 0.15) is 5.56 Å². The van der Waals surface area contributed by atoms with Crippen LogP contribution in [0.15, 0.2) is 49.0 Å². The van der Waals surface area contributed by atoms with Crippen LogP contribution < -0.4 is 0 Å². The molecule has 0 nitrogen and oxygen atoms in total. The summed E-state index contributed by atoms with van der Waals surface area (Å²) >= 11 is 0. The molecule has 0 atom stereocenters. The Morgan fingerprint density at radius 2 is 1.69 bits per heavy atom. The standard InChI is InChI=1S/C14H10F2/c1-2-10-8-12(6-7-14(10)16)11-4-3-5-13(15)9-11/h2-9H,1H2. The summed E-state index contributed by atoms with van der Waals surface area (Å²) in [4.78, 5) is 0. The number of hydrogen-bond acceptors (Lipinski definition) is 0. The summed E-state index contributed by atoms with van der Waals surface area (Å²) < 4.78 is 26.2. The first-order valence-electron chi connectivity index (χ1n) is 4.88. The summed E-state index contributed by atoms with van der Waals surface area (Å²) in [6, 6.07) is 10.8. The Morgan fingerprint density at radius 1 is 0.938 bits per heavy atom. The zero-order chi connectivity index (χ0) is 11.5. The van der Waals surface area contributed by atoms with Crippen molar-refractivity contribution in [2.45, 2.75) is 0 Å². The van der Waals surface area contributed by atoms with Crippen LogP contribution in [0.2, 0.25) is 0 Å². The van der Waals surface area contributed by atoms with Gasteiger partial charge >= 0.3 is 0 Å². The van der Waals surface area contributed by atoms with Gasteiger partial charge < -0.3 is 0 Å². The third kappa shape index (κ3) is 2.01. The van der Waals surface area contributed by atoms with E-state index in [-0.39, 0.29) is 11.6 Å². The van der Waals surface area contributed by atoms with Crippen LogP contribution in [0.4, 0.5) is 8.78 Å². The van der Waals surface area contributed by atoms with Crippen molar-refractivity contribution in [3.05, 3.63) is 66.2 Å². The van der Waals surface area contributed by atoms with Gasteiger partial charge in [0.25, 0.3) is 0 Å². The first-order chi connectivity index (χ1) is 7.70. The fourth-order valence-corrected chi connectivity index (χ4v) is 1.55. The molecule has 2 aromatic rings. The van der Waals surface area contributed by atoms with Gasteiger partial charge in [-0.25, -0.2) is 8.78 Å². The van der Waals surface area contributed by atoms with Crippen LogP contribution in [0, 0.1) is 11.6 Å². The van der Waals surface area contributed by atoms with Crippen molar-refractivity contribution in [2.24, 2.45) is 0 Å². The molecule has 2 rings (SSSR count). The van der Waals surface area contributed by atoms with E-state index in [1.807, 2.05) is 0 Å². The van der Waals surface area contributed by atoms with Gasteiger partial charge in [0.2, 0.25) is 0 Å². The van der Waals surface area contributed by atoms with Gasteiger partial charge in [-0.05, 0) is 35.4 Å². The van der Waals surface area contributed by atoms with Crippen LogP contribution in [0.3, 0.4) is 0 Å². The van der Waals surface area contributed by atoms with Crippen LogP contribution >= 0.6 is 0 Å². The minimum Gasteiger partial charge on any atom is -0.207 e. The van der Waals surface area contributed by atoms with Crippen LogP contribution in [-0.4, -0.2) is 0 Å². The zero-order valence-electron chi connectivity index (χ0n) is 8.58. The lowest BCUT2D eigenvalue weighted by Crippen LogP contribution is -1.85. The quantitative estimate of drug-likeness (QED) is 0.703. The molecule has 0 saturated carbocycles. The van der Waals surface area contributed by atoms with Crippen LogP contribution in [-0.2, 0) is 0 Å². The van der Waals surface area contributed by atoms with Crippen molar-refractivity contribution in [1.82, 2.24) is 0 Å². The molecule has 2 aromatic carbocycles. The van der Waals surface area contributed by atoms with E-state index in [2.05, 4.69) is 6.58 Å². The Hall–Kier alpha value is -1.96. The Morgan fingerprint density at radius 3 is 2.38 bits per heavy atom. The summed E-state index contributed by atoms with van der Waals surface area (Å²) in [6.07, 6.45) is 1.44. The third-order valence-electron chi connectivity index (χ3n) is 2.37. The predicted octanol–water partition coefficient (Wildman–Crippen LogP) is 4.27. The van der Waals surface area contributed by atoms with Crippen molar-refractivity contribution in [1.29, 1.82) is 0 Å². The molecule has 0 unspecified atom stereocenters. The summed E-state index contributed by atoms with van der Waals surface area (Å²) in [5.41, 5.74) is 1.92. The number of halogens is 2. The zero-order valence-corrected chi connectivity index (χ0v) is 8.58. The average Bonchev–Trinajstić information content (AvgIpc) is 2.29. The molecular weight excluding hydrogens is 206 g/mol. The molecule has 0 aliphatic heterocycles. The summed E-state index contributed by atoms with van der Waals surface area (Å²) in [5, 5.41) is 0. The fraction of sp³-hybridized carbons (Fsp3) is 0. The molecule has 0 aliphatic carbocycles. The monoisotopic (exact) mass is 216 g/mol. The highest BCUT2D eigenvalue weighted by Crippen LogP contribution is 2.23. The van der Waals surface area contributed by atoms with Crippen LogP contribution in [0.25, 0.3) is 17.2 Å². The second-order valence-electron chi connectivity index (χ2n) is 3.45. The van der Waals surface area contributed by atoms with Gasteiger partial charge in [-0.15, -0.1) is 0 Å². The van der Waals surface area contributed by atoms with Gasteiger partial charge in [-0.2, -0.15) is 0 Å². The van der Waals surface area contributed by atoms with Crippen molar-refractivity contribution in [2.75, 3.05) is 0 Å². The van der Waals surface area contributed by atoms with Crippen molar-refractivity contribution >= 4 is 6.08 Å². The molecule has 2 heteroatoms. The Kier molecular flexibility index (Phi) is 2.82. The number of benzene rings is 2. The molecule has 0 radical (unpaired) electrons. The van der Waals surface area contributed by atoms with E-state index in [0.29, 0.717) is 5.56 Å². The molecule has 80 valence electrons. The lowest BCUT2D eigenvalue weighted by atomic mass is 10.0. The van der Waals surface area contributed by atoms with Crippen molar-refractivity contribution in [3.8, 4) is 11.1 Å². The summed E-state index contributed by atoms with van der Waals surface area (Å²) in [5.74, 6) is -0.628. The Balaban J connectivity index is 2.52. The molecule has 0 N–H and O–H groups in total. The molecule has 0 fully saturated rings. The third-order valence-corrected chi connectivity index (χ3v) is 2.37. The molecule has 0 aliphatic rings. The SMILES string of the molecule is C=Cc1cc(-c2cccc(F)c2)ccc1F. The maximum Gasteiger partial charge on any atom is 0.130 e. The molecule has 0 spiro atoms. The van der Waals surface area contributed by atoms with Gasteiger partial charge in [0, 0.05) is 5.56 Å². The van der Waals surface area contributed by atoms with Gasteiger partial charge in [0.05, 0.1) is 0 Å². The predicted molar refractivity (Wildman–Crippen MR) is 61.9 cm³/mol. The van der Waals surface area contributed by atoms with Crippen LogP contribution in [0.5, 0.6) is 0 Å². The molecular formula is C14H10F2. The van der Waals surface area contributed by atoms with Gasteiger partial charge in [0.1, 0.15) is 11.6 Å². The lowest BCUT2D eigenvalue weighted by Gasteiger charge is -2.04. The maximum atomic E-state index is 13.2. The number of rotatable bonds is 2. The number of hydrogen-bond donors (Lipinski definition) is 0. The van der Waals surface area contributed by atoms with Gasteiger partial charge in [-0.1, -0.05) is 30.9 Å². The topological polar surface area (TPSA) is 0 Å². The normalized spacial score (nSPS) is 10.1. The van der Waals surface area contributed by atoms with Crippen molar-refractivity contribution < 1.29 is 8.78 Å². The molecule has 0 heterocycles. The summed E-state index contributed by atoms with van der Waals surface area (Å²) in [7, 11) is 0. The first kappa shape index (κ1) is 10.6. The van der Waals surface area contributed by atoms with E-state index in [1.54, 1.807) is 24.3 Å². The van der Waals surface area contributed by atoms with E-state index in [0.717, 1.165) is 11.1 Å². The highest BCUT2D eigenvalue weighted by atomic mass is 19.1. The summed E-state index contributed by atoms with van der Waals surface area (Å²) in [6.45, 7) is 3.53. The maximum absolute atomic E-state index is 13.2. The smallest absolute Gasteiger partial charge is 0.130 e. The lowest BCUT2D eigenvalue weighted by molar-refractivity contribution is 0.625. The van der Waals surface area contributed by atoms with Gasteiger partial charge in [-0.3, -0.25) is 0 Å².